The molecule has 0 N–H and O–H groups in total. The Morgan fingerprint density at radius 1 is 0.440 bits per heavy atom. The average Bonchev–Trinajstić information content (AvgIpc) is 3.77. The van der Waals surface area contributed by atoms with Crippen LogP contribution in [0, 0.1) is 0 Å². The fourth-order valence-corrected chi connectivity index (χ4v) is 8.16. The van der Waals surface area contributed by atoms with Crippen LogP contribution in [0.5, 0.6) is 0 Å². The van der Waals surface area contributed by atoms with Crippen molar-refractivity contribution in [3.05, 3.63) is 164 Å². The highest BCUT2D eigenvalue weighted by Crippen LogP contribution is 2.44. The molecule has 0 bridgehead atoms. The minimum absolute atomic E-state index is 0.654. The number of furan rings is 1. The number of hydrogen-bond donors (Lipinski definition) is 0. The van der Waals surface area contributed by atoms with Gasteiger partial charge >= 0.3 is 0 Å². The molecule has 0 atom stereocenters. The molecule has 0 amide bonds. The third kappa shape index (κ3) is 4.79. The second-order valence-corrected chi connectivity index (χ2v) is 13.5. The molecule has 4 heterocycles. The summed E-state index contributed by atoms with van der Waals surface area (Å²) in [5.41, 5.74) is 10.7. The normalized spacial score (nSPS) is 11.6. The monoisotopic (exact) mass is 657 g/mol. The van der Waals surface area contributed by atoms with E-state index in [4.69, 9.17) is 14.4 Å². The van der Waals surface area contributed by atoms with Crippen LogP contribution >= 0.6 is 11.3 Å². The van der Waals surface area contributed by atoms with Crippen molar-refractivity contribution in [2.75, 3.05) is 0 Å². The molecule has 5 heteroatoms. The topological polar surface area (TPSA) is 51.8 Å². The SMILES string of the molecule is c1ccc(-c2cc(-c3ccc(-c4ccc5c(c4)sc4ccccc45)c4c3oc3ccccc34)nc(-c3cccc(-c4ccncc4)c3)n2)cc1. The van der Waals surface area contributed by atoms with Crippen molar-refractivity contribution in [3.8, 4) is 56.2 Å². The lowest BCUT2D eigenvalue weighted by atomic mass is 9.95. The Hall–Kier alpha value is -6.43. The van der Waals surface area contributed by atoms with Crippen molar-refractivity contribution < 1.29 is 4.42 Å². The Kier molecular flexibility index (Phi) is 6.64. The van der Waals surface area contributed by atoms with Gasteiger partial charge in [0.25, 0.3) is 0 Å². The zero-order valence-corrected chi connectivity index (χ0v) is 27.6. The van der Waals surface area contributed by atoms with E-state index < -0.39 is 0 Å². The summed E-state index contributed by atoms with van der Waals surface area (Å²) in [5, 5.41) is 4.75. The third-order valence-corrected chi connectivity index (χ3v) is 10.6. The lowest BCUT2D eigenvalue weighted by molar-refractivity contribution is 0.670. The van der Waals surface area contributed by atoms with Crippen molar-refractivity contribution in [3.63, 3.8) is 0 Å². The maximum Gasteiger partial charge on any atom is 0.160 e. The molecule has 4 nitrogen and oxygen atoms in total. The van der Waals surface area contributed by atoms with E-state index in [1.807, 2.05) is 66.2 Å². The Morgan fingerprint density at radius 3 is 2.06 bits per heavy atom. The van der Waals surface area contributed by atoms with Crippen LogP contribution in [-0.2, 0) is 0 Å². The number of hydrogen-bond acceptors (Lipinski definition) is 5. The van der Waals surface area contributed by atoms with Gasteiger partial charge in [0.1, 0.15) is 11.2 Å². The number of para-hydroxylation sites is 1. The molecular formula is C45H27N3OS. The molecule has 0 aliphatic carbocycles. The standard InChI is InChI=1S/C45H27N3OS/c1-2-9-29(10-3-1)38-27-39(48-45(47-38)32-12-8-11-30(25-32)28-21-23-46-24-22-28)36-20-19-33(43-37-14-4-6-15-40(37)49-44(36)43)31-17-18-35-34-13-5-7-16-41(34)50-42(35)26-31/h1-27H. The van der Waals surface area contributed by atoms with Gasteiger partial charge in [-0.15, -0.1) is 11.3 Å². The molecule has 0 radical (unpaired) electrons. The van der Waals surface area contributed by atoms with Gasteiger partial charge in [-0.05, 0) is 70.8 Å². The largest absolute Gasteiger partial charge is 0.455 e. The van der Waals surface area contributed by atoms with Gasteiger partial charge in [-0.1, -0.05) is 103 Å². The fourth-order valence-electron chi connectivity index (χ4n) is 7.02. The van der Waals surface area contributed by atoms with Gasteiger partial charge in [0.15, 0.2) is 5.82 Å². The highest BCUT2D eigenvalue weighted by atomic mass is 32.1. The van der Waals surface area contributed by atoms with E-state index in [2.05, 4.69) is 114 Å². The molecule has 6 aromatic carbocycles. The first-order chi connectivity index (χ1) is 24.8. The third-order valence-electron chi connectivity index (χ3n) is 9.42. The maximum absolute atomic E-state index is 6.74. The van der Waals surface area contributed by atoms with Crippen LogP contribution in [0.4, 0.5) is 0 Å². The van der Waals surface area contributed by atoms with Crippen molar-refractivity contribution in [2.24, 2.45) is 0 Å². The molecule has 4 aromatic heterocycles. The van der Waals surface area contributed by atoms with Gasteiger partial charge in [-0.3, -0.25) is 4.98 Å². The summed E-state index contributed by atoms with van der Waals surface area (Å²) in [4.78, 5) is 14.6. The molecular weight excluding hydrogens is 631 g/mol. The number of benzene rings is 6. The minimum atomic E-state index is 0.654. The van der Waals surface area contributed by atoms with Crippen LogP contribution in [0.1, 0.15) is 0 Å². The predicted molar refractivity (Wildman–Crippen MR) is 207 cm³/mol. The number of aromatic nitrogens is 3. The smallest absolute Gasteiger partial charge is 0.160 e. The number of thiophene rings is 1. The zero-order chi connectivity index (χ0) is 33.0. The van der Waals surface area contributed by atoms with Crippen molar-refractivity contribution in [1.29, 1.82) is 0 Å². The minimum Gasteiger partial charge on any atom is -0.455 e. The quantitative estimate of drug-likeness (QED) is 0.185. The van der Waals surface area contributed by atoms with Gasteiger partial charge in [0.05, 0.1) is 11.4 Å². The summed E-state index contributed by atoms with van der Waals surface area (Å²) in [6, 6.07) is 52.9. The lowest BCUT2D eigenvalue weighted by Crippen LogP contribution is -1.96. The Bertz CT molecular complexity index is 2870. The first kappa shape index (κ1) is 28.6. The molecule has 0 aliphatic heterocycles. The summed E-state index contributed by atoms with van der Waals surface area (Å²) in [5.74, 6) is 0.654. The van der Waals surface area contributed by atoms with Gasteiger partial charge < -0.3 is 4.42 Å². The van der Waals surface area contributed by atoms with E-state index in [-0.39, 0.29) is 0 Å². The van der Waals surface area contributed by atoms with Crippen LogP contribution in [0.2, 0.25) is 0 Å². The number of fused-ring (bicyclic) bond motifs is 6. The Balaban J connectivity index is 1.19. The second-order valence-electron chi connectivity index (χ2n) is 12.4. The fraction of sp³-hybridized carbons (Fsp3) is 0. The Labute approximate surface area is 292 Å². The van der Waals surface area contributed by atoms with E-state index in [9.17, 15) is 0 Å². The molecule has 0 fully saturated rings. The summed E-state index contributed by atoms with van der Waals surface area (Å²) in [6.45, 7) is 0. The summed E-state index contributed by atoms with van der Waals surface area (Å²) in [6.07, 6.45) is 3.63. The average molecular weight is 658 g/mol. The highest BCUT2D eigenvalue weighted by Gasteiger charge is 2.20. The van der Waals surface area contributed by atoms with E-state index in [0.29, 0.717) is 5.82 Å². The first-order valence-electron chi connectivity index (χ1n) is 16.6. The van der Waals surface area contributed by atoms with Crippen LogP contribution in [0.3, 0.4) is 0 Å². The van der Waals surface area contributed by atoms with E-state index in [0.717, 1.165) is 72.3 Å². The van der Waals surface area contributed by atoms with Crippen LogP contribution in [-0.4, -0.2) is 15.0 Å². The molecule has 10 aromatic rings. The van der Waals surface area contributed by atoms with Crippen LogP contribution in [0.25, 0.3) is 98.3 Å². The van der Waals surface area contributed by atoms with Gasteiger partial charge in [0.2, 0.25) is 0 Å². The molecule has 234 valence electrons. The molecule has 0 spiro atoms. The van der Waals surface area contributed by atoms with Gasteiger partial charge in [-0.25, -0.2) is 9.97 Å². The molecule has 0 unspecified atom stereocenters. The van der Waals surface area contributed by atoms with Crippen molar-refractivity contribution >= 4 is 53.4 Å². The van der Waals surface area contributed by atoms with Crippen molar-refractivity contribution in [2.45, 2.75) is 0 Å². The summed E-state index contributed by atoms with van der Waals surface area (Å²) < 4.78 is 9.31. The summed E-state index contributed by atoms with van der Waals surface area (Å²) >= 11 is 1.84. The first-order valence-corrected chi connectivity index (χ1v) is 17.4. The van der Waals surface area contributed by atoms with Crippen LogP contribution in [0.15, 0.2) is 168 Å². The van der Waals surface area contributed by atoms with Crippen molar-refractivity contribution in [1.82, 2.24) is 15.0 Å². The maximum atomic E-state index is 6.74. The lowest BCUT2D eigenvalue weighted by Gasteiger charge is -2.12. The molecule has 10 rings (SSSR count). The van der Waals surface area contributed by atoms with E-state index in [1.165, 1.54) is 20.2 Å². The van der Waals surface area contributed by atoms with Gasteiger partial charge in [-0.2, -0.15) is 0 Å². The Morgan fingerprint density at radius 2 is 1.16 bits per heavy atom. The van der Waals surface area contributed by atoms with E-state index >= 15 is 0 Å². The number of pyridine rings is 1. The number of rotatable bonds is 5. The van der Waals surface area contributed by atoms with Gasteiger partial charge in [0, 0.05) is 60.0 Å². The molecule has 0 saturated heterocycles. The second kappa shape index (κ2) is 11.6. The molecule has 0 aliphatic rings. The predicted octanol–water partition coefficient (Wildman–Crippen LogP) is 12.5. The van der Waals surface area contributed by atoms with Crippen LogP contribution < -0.4 is 0 Å². The number of nitrogens with zero attached hydrogens (tertiary/aromatic N) is 3. The summed E-state index contributed by atoms with van der Waals surface area (Å²) in [7, 11) is 0. The molecule has 0 saturated carbocycles. The zero-order valence-electron chi connectivity index (χ0n) is 26.7. The van der Waals surface area contributed by atoms with E-state index in [1.54, 1.807) is 0 Å². The highest BCUT2D eigenvalue weighted by molar-refractivity contribution is 7.25. The molecule has 50 heavy (non-hydrogen) atoms.